The first kappa shape index (κ1) is 16.2. The Labute approximate surface area is 148 Å². The van der Waals surface area contributed by atoms with Gasteiger partial charge in [-0.15, -0.1) is 0 Å². The minimum absolute atomic E-state index is 0.0707. The second kappa shape index (κ2) is 6.52. The van der Waals surface area contributed by atoms with Gasteiger partial charge >= 0.3 is 6.09 Å². The molecule has 2 aromatic rings. The lowest BCUT2D eigenvalue weighted by Gasteiger charge is -2.35. The first-order valence-electron chi connectivity index (χ1n) is 8.95. The molecule has 25 heavy (non-hydrogen) atoms. The zero-order valence-electron chi connectivity index (χ0n) is 14.4. The van der Waals surface area contributed by atoms with Gasteiger partial charge in [0.15, 0.2) is 0 Å². The number of rotatable bonds is 2. The number of aliphatic hydroxyl groups is 1. The summed E-state index contributed by atoms with van der Waals surface area (Å²) in [5.74, 6) is 0.0707. The third-order valence-electron chi connectivity index (χ3n) is 5.43. The highest BCUT2D eigenvalue weighted by Crippen LogP contribution is 2.44. The molecule has 2 aromatic carbocycles. The highest BCUT2D eigenvalue weighted by molar-refractivity contribution is 5.79. The fourth-order valence-electron chi connectivity index (χ4n) is 4.02. The second-order valence-corrected chi connectivity index (χ2v) is 7.04. The quantitative estimate of drug-likeness (QED) is 0.907. The number of nitrogens with zero attached hydrogens (tertiary/aromatic N) is 1. The Bertz CT molecular complexity index is 743. The van der Waals surface area contributed by atoms with Crippen LogP contribution in [0.1, 0.15) is 36.8 Å². The monoisotopic (exact) mass is 337 g/mol. The number of hydrogen-bond acceptors (Lipinski definition) is 3. The van der Waals surface area contributed by atoms with E-state index in [0.29, 0.717) is 13.2 Å². The van der Waals surface area contributed by atoms with Crippen molar-refractivity contribution in [1.29, 1.82) is 0 Å². The molecule has 4 nitrogen and oxygen atoms in total. The van der Waals surface area contributed by atoms with Crippen LogP contribution in [-0.2, 0) is 4.74 Å². The van der Waals surface area contributed by atoms with Crippen LogP contribution in [0.25, 0.3) is 11.1 Å². The number of ether oxygens (including phenoxy) is 1. The molecule has 1 aliphatic heterocycles. The average Bonchev–Trinajstić information content (AvgIpc) is 2.96. The van der Waals surface area contributed by atoms with Crippen LogP contribution < -0.4 is 0 Å². The molecule has 4 rings (SSSR count). The third kappa shape index (κ3) is 2.91. The van der Waals surface area contributed by atoms with Gasteiger partial charge in [0.25, 0.3) is 0 Å². The van der Waals surface area contributed by atoms with Crippen molar-refractivity contribution in [3.8, 4) is 11.1 Å². The van der Waals surface area contributed by atoms with Crippen LogP contribution >= 0.6 is 0 Å². The molecule has 1 amide bonds. The smallest absolute Gasteiger partial charge is 0.410 e. The molecule has 1 N–H and O–H groups in total. The Morgan fingerprint density at radius 1 is 1.08 bits per heavy atom. The summed E-state index contributed by atoms with van der Waals surface area (Å²) < 4.78 is 5.67. The molecule has 4 heteroatoms. The molecule has 1 fully saturated rings. The number of benzene rings is 2. The van der Waals surface area contributed by atoms with Crippen molar-refractivity contribution in [2.45, 2.75) is 37.8 Å². The first-order chi connectivity index (χ1) is 12.1. The molecular formula is C21H23NO3. The topological polar surface area (TPSA) is 49.8 Å². The van der Waals surface area contributed by atoms with Gasteiger partial charge in [-0.25, -0.2) is 4.79 Å². The summed E-state index contributed by atoms with van der Waals surface area (Å²) in [4.78, 5) is 14.2. The summed E-state index contributed by atoms with van der Waals surface area (Å²) in [6.45, 7) is 2.69. The molecule has 130 valence electrons. The number of β-amino-alcohol motifs (C(OH)–C–C–N with tert-alkyl or cyclic N) is 1. The Balaban J connectivity index is 1.52. The lowest BCUT2D eigenvalue weighted by Crippen LogP contribution is -2.47. The summed E-state index contributed by atoms with van der Waals surface area (Å²) in [5.41, 5.74) is 4.87. The highest BCUT2D eigenvalue weighted by Gasteiger charge is 2.32. The Hall–Kier alpha value is -2.33. The maximum absolute atomic E-state index is 12.5. The van der Waals surface area contributed by atoms with Gasteiger partial charge in [-0.2, -0.15) is 0 Å². The van der Waals surface area contributed by atoms with E-state index >= 15 is 0 Å². The lowest BCUT2D eigenvalue weighted by molar-refractivity contribution is 0.0266. The predicted molar refractivity (Wildman–Crippen MR) is 96.5 cm³/mol. The number of carbonyl (C=O) groups is 1. The van der Waals surface area contributed by atoms with Crippen molar-refractivity contribution in [1.82, 2.24) is 4.90 Å². The molecule has 2 aliphatic rings. The maximum atomic E-state index is 12.5. The Morgan fingerprint density at radius 3 is 2.32 bits per heavy atom. The largest absolute Gasteiger partial charge is 0.448 e. The van der Waals surface area contributed by atoms with Crippen LogP contribution in [0.3, 0.4) is 0 Å². The van der Waals surface area contributed by atoms with E-state index in [9.17, 15) is 9.90 Å². The number of likely N-dealkylation sites (tertiary alicyclic amines) is 1. The highest BCUT2D eigenvalue weighted by atomic mass is 16.6. The van der Waals surface area contributed by atoms with Crippen molar-refractivity contribution in [3.63, 3.8) is 0 Å². The van der Waals surface area contributed by atoms with Crippen molar-refractivity contribution in [3.05, 3.63) is 59.7 Å². The van der Waals surface area contributed by atoms with Gasteiger partial charge in [0, 0.05) is 12.0 Å². The third-order valence-corrected chi connectivity index (χ3v) is 5.43. The summed E-state index contributed by atoms with van der Waals surface area (Å²) in [7, 11) is 0. The van der Waals surface area contributed by atoms with Gasteiger partial charge in [0.2, 0.25) is 0 Å². The van der Waals surface area contributed by atoms with E-state index in [1.165, 1.54) is 22.3 Å². The van der Waals surface area contributed by atoms with Gasteiger partial charge in [0.1, 0.15) is 6.61 Å². The Morgan fingerprint density at radius 2 is 1.68 bits per heavy atom. The molecule has 0 unspecified atom stereocenters. The molecule has 1 aliphatic carbocycles. The van der Waals surface area contributed by atoms with Crippen LogP contribution in [0.2, 0.25) is 0 Å². The lowest BCUT2D eigenvalue weighted by atomic mass is 9.98. The van der Waals surface area contributed by atoms with E-state index in [1.54, 1.807) is 4.90 Å². The van der Waals surface area contributed by atoms with E-state index in [2.05, 4.69) is 24.3 Å². The normalized spacial score (nSPS) is 22.4. The van der Waals surface area contributed by atoms with Gasteiger partial charge in [-0.05, 0) is 42.0 Å². The van der Waals surface area contributed by atoms with Crippen molar-refractivity contribution >= 4 is 6.09 Å². The Kier molecular flexibility index (Phi) is 4.22. The number of aliphatic hydroxyl groups excluding tert-OH is 1. The fourth-order valence-corrected chi connectivity index (χ4v) is 4.02. The molecule has 0 bridgehead atoms. The number of hydrogen-bond donors (Lipinski definition) is 1. The van der Waals surface area contributed by atoms with E-state index in [-0.39, 0.29) is 18.1 Å². The summed E-state index contributed by atoms with van der Waals surface area (Å²) in [6.07, 6.45) is 0.782. The number of amides is 1. The number of piperidine rings is 1. The summed E-state index contributed by atoms with van der Waals surface area (Å²) in [6, 6.07) is 16.7. The minimum Gasteiger partial charge on any atom is -0.448 e. The van der Waals surface area contributed by atoms with Gasteiger partial charge in [-0.1, -0.05) is 48.5 Å². The fraction of sp³-hybridized carbons (Fsp3) is 0.381. The van der Waals surface area contributed by atoms with Crippen molar-refractivity contribution in [2.75, 3.05) is 13.2 Å². The van der Waals surface area contributed by atoms with Gasteiger partial charge in [-0.3, -0.25) is 0 Å². The molecule has 2 atom stereocenters. The summed E-state index contributed by atoms with van der Waals surface area (Å²) in [5, 5.41) is 9.84. The molecule has 0 radical (unpaired) electrons. The van der Waals surface area contributed by atoms with Crippen LogP contribution in [0.5, 0.6) is 0 Å². The predicted octanol–water partition coefficient (Wildman–Crippen LogP) is 3.78. The van der Waals surface area contributed by atoms with Crippen LogP contribution in [-0.4, -0.2) is 41.4 Å². The standard InChI is InChI=1S/C21H23NO3/c1-14-10-11-15(23)12-22(14)21(24)25-13-20-18-8-4-2-6-16(18)17-7-3-5-9-19(17)20/h2-9,14-15,20,23H,10-13H2,1H3/t14-,15-/m0/s1. The van der Waals surface area contributed by atoms with Crippen molar-refractivity contribution in [2.24, 2.45) is 0 Å². The van der Waals surface area contributed by atoms with E-state index < -0.39 is 6.10 Å². The average molecular weight is 337 g/mol. The van der Waals surface area contributed by atoms with Gasteiger partial charge < -0.3 is 14.7 Å². The van der Waals surface area contributed by atoms with Crippen LogP contribution in [0.4, 0.5) is 4.79 Å². The second-order valence-electron chi connectivity index (χ2n) is 7.04. The summed E-state index contributed by atoms with van der Waals surface area (Å²) >= 11 is 0. The number of fused-ring (bicyclic) bond motifs is 3. The first-order valence-corrected chi connectivity index (χ1v) is 8.95. The molecular weight excluding hydrogens is 314 g/mol. The van der Waals surface area contributed by atoms with Gasteiger partial charge in [0.05, 0.1) is 12.6 Å². The zero-order valence-corrected chi connectivity index (χ0v) is 14.4. The molecule has 0 spiro atoms. The maximum Gasteiger partial charge on any atom is 0.410 e. The van der Waals surface area contributed by atoms with E-state index in [1.807, 2.05) is 31.2 Å². The minimum atomic E-state index is -0.448. The van der Waals surface area contributed by atoms with Crippen molar-refractivity contribution < 1.29 is 14.6 Å². The van der Waals surface area contributed by atoms with Crippen LogP contribution in [0.15, 0.2) is 48.5 Å². The van der Waals surface area contributed by atoms with E-state index in [0.717, 1.165) is 12.8 Å². The SMILES string of the molecule is C[C@H]1CC[C@H](O)CN1C(=O)OCC1c2ccccc2-c2ccccc21. The number of carbonyl (C=O) groups excluding carboxylic acids is 1. The van der Waals surface area contributed by atoms with Crippen LogP contribution in [0, 0.1) is 0 Å². The molecule has 1 heterocycles. The van der Waals surface area contributed by atoms with E-state index in [4.69, 9.17) is 4.74 Å². The zero-order chi connectivity index (χ0) is 17.4. The molecule has 0 saturated carbocycles. The molecule has 0 aromatic heterocycles. The molecule has 1 saturated heterocycles.